The van der Waals surface area contributed by atoms with Crippen molar-refractivity contribution in [3.05, 3.63) is 65.4 Å². The molecule has 2 heterocycles. The van der Waals surface area contributed by atoms with E-state index in [1.54, 1.807) is 24.3 Å². The fourth-order valence-electron chi connectivity index (χ4n) is 4.23. The van der Waals surface area contributed by atoms with E-state index in [-0.39, 0.29) is 5.91 Å². The predicted molar refractivity (Wildman–Crippen MR) is 131 cm³/mol. The molecule has 0 unspecified atom stereocenters. The molecule has 0 aliphatic carbocycles. The Hall–Kier alpha value is -3.78. The lowest BCUT2D eigenvalue weighted by Crippen LogP contribution is -2.33. The first-order valence-corrected chi connectivity index (χ1v) is 11.4. The number of fused-ring (bicyclic) bond motifs is 2. The molecule has 0 saturated carbocycles. The fourth-order valence-corrected chi connectivity index (χ4v) is 4.23. The number of anilines is 2. The van der Waals surface area contributed by atoms with Crippen LogP contribution in [0.15, 0.2) is 48.5 Å². The van der Waals surface area contributed by atoms with Gasteiger partial charge in [-0.3, -0.25) is 19.5 Å². The first-order chi connectivity index (χ1) is 16.4. The van der Waals surface area contributed by atoms with Crippen molar-refractivity contribution >= 4 is 40.1 Å². The number of hydrogen-bond acceptors (Lipinski definition) is 6. The molecule has 2 amide bonds. The van der Waals surface area contributed by atoms with Gasteiger partial charge in [0, 0.05) is 54.5 Å². The molecule has 3 aromatic rings. The summed E-state index contributed by atoms with van der Waals surface area (Å²) in [6.07, 6.45) is 1.80. The summed E-state index contributed by atoms with van der Waals surface area (Å²) < 4.78 is 5.45. The highest BCUT2D eigenvalue weighted by atomic mass is 16.5. The van der Waals surface area contributed by atoms with Gasteiger partial charge >= 0.3 is 5.97 Å². The van der Waals surface area contributed by atoms with Crippen molar-refractivity contribution in [3.8, 4) is 0 Å². The molecular weight excluding hydrogens is 432 g/mol. The first kappa shape index (κ1) is 23.4. The van der Waals surface area contributed by atoms with Crippen LogP contribution < -0.4 is 10.6 Å². The predicted octanol–water partition coefficient (Wildman–Crippen LogP) is 3.76. The van der Waals surface area contributed by atoms with E-state index in [0.717, 1.165) is 48.1 Å². The van der Waals surface area contributed by atoms with E-state index in [0.29, 0.717) is 23.5 Å². The van der Waals surface area contributed by atoms with Crippen LogP contribution in [0.4, 0.5) is 11.4 Å². The Morgan fingerprint density at radius 1 is 1.03 bits per heavy atom. The molecule has 2 aromatic carbocycles. The minimum atomic E-state index is -0.524. The van der Waals surface area contributed by atoms with E-state index in [4.69, 9.17) is 9.72 Å². The average molecular weight is 461 g/mol. The van der Waals surface area contributed by atoms with Crippen molar-refractivity contribution in [3.63, 3.8) is 0 Å². The maximum atomic E-state index is 13.2. The molecule has 0 atom stereocenters. The third kappa shape index (κ3) is 5.40. The SMILES string of the molecule is CCCN1CCc2nc3ccccc3c(C(=O)OCC(=O)Nc3ccc(NC(C)=O)cc3)c2C1. The molecule has 1 aliphatic heterocycles. The minimum Gasteiger partial charge on any atom is -0.452 e. The van der Waals surface area contributed by atoms with E-state index < -0.39 is 18.5 Å². The van der Waals surface area contributed by atoms with Crippen molar-refractivity contribution in [2.45, 2.75) is 33.2 Å². The van der Waals surface area contributed by atoms with Crippen molar-refractivity contribution in [2.75, 3.05) is 30.3 Å². The molecule has 8 heteroatoms. The molecule has 0 bridgehead atoms. The first-order valence-electron chi connectivity index (χ1n) is 11.4. The number of nitrogens with one attached hydrogen (secondary N) is 2. The summed E-state index contributed by atoms with van der Waals surface area (Å²) in [5.74, 6) is -1.14. The van der Waals surface area contributed by atoms with Gasteiger partial charge in [-0.15, -0.1) is 0 Å². The molecule has 1 aromatic heterocycles. The number of hydrogen-bond donors (Lipinski definition) is 2. The van der Waals surface area contributed by atoms with Crippen LogP contribution in [0.25, 0.3) is 10.9 Å². The van der Waals surface area contributed by atoms with Gasteiger partial charge in [0.1, 0.15) is 0 Å². The van der Waals surface area contributed by atoms with Gasteiger partial charge in [0.2, 0.25) is 5.91 Å². The van der Waals surface area contributed by atoms with Crippen molar-refractivity contribution in [2.24, 2.45) is 0 Å². The van der Waals surface area contributed by atoms with Crippen LogP contribution in [0.1, 0.15) is 41.9 Å². The molecule has 8 nitrogen and oxygen atoms in total. The maximum absolute atomic E-state index is 13.2. The van der Waals surface area contributed by atoms with Crippen molar-refractivity contribution in [1.29, 1.82) is 0 Å². The Labute approximate surface area is 198 Å². The molecule has 1 aliphatic rings. The van der Waals surface area contributed by atoms with Crippen molar-refractivity contribution in [1.82, 2.24) is 9.88 Å². The van der Waals surface area contributed by atoms with E-state index in [2.05, 4.69) is 22.5 Å². The number of rotatable bonds is 7. The zero-order valence-electron chi connectivity index (χ0n) is 19.4. The highest BCUT2D eigenvalue weighted by Crippen LogP contribution is 2.29. The van der Waals surface area contributed by atoms with Gasteiger partial charge in [-0.05, 0) is 43.3 Å². The second-order valence-electron chi connectivity index (χ2n) is 8.34. The van der Waals surface area contributed by atoms with Gasteiger partial charge in [-0.1, -0.05) is 25.1 Å². The summed E-state index contributed by atoms with van der Waals surface area (Å²) in [6.45, 7) is 5.65. The Morgan fingerprint density at radius 3 is 2.44 bits per heavy atom. The second kappa shape index (κ2) is 10.4. The fraction of sp³-hybridized carbons (Fsp3) is 0.308. The Kier molecular flexibility index (Phi) is 7.18. The van der Waals surface area contributed by atoms with Gasteiger partial charge in [0.15, 0.2) is 6.61 Å². The third-order valence-corrected chi connectivity index (χ3v) is 5.69. The molecule has 0 fully saturated rings. The van der Waals surface area contributed by atoms with Gasteiger partial charge in [-0.25, -0.2) is 4.79 Å². The quantitative estimate of drug-likeness (QED) is 0.521. The summed E-state index contributed by atoms with van der Waals surface area (Å²) in [5, 5.41) is 6.10. The van der Waals surface area contributed by atoms with E-state index >= 15 is 0 Å². The van der Waals surface area contributed by atoms with Gasteiger partial charge in [0.05, 0.1) is 11.1 Å². The number of aromatic nitrogens is 1. The van der Waals surface area contributed by atoms with Crippen LogP contribution in [0, 0.1) is 0 Å². The molecule has 34 heavy (non-hydrogen) atoms. The number of nitrogens with zero attached hydrogens (tertiary/aromatic N) is 2. The molecule has 176 valence electrons. The second-order valence-corrected chi connectivity index (χ2v) is 8.34. The topological polar surface area (TPSA) is 101 Å². The van der Waals surface area contributed by atoms with Crippen LogP contribution in [0.5, 0.6) is 0 Å². The van der Waals surface area contributed by atoms with Crippen LogP contribution in [-0.4, -0.2) is 47.4 Å². The van der Waals surface area contributed by atoms with Gasteiger partial charge in [-0.2, -0.15) is 0 Å². The minimum absolute atomic E-state index is 0.174. The van der Waals surface area contributed by atoms with Gasteiger partial charge < -0.3 is 15.4 Å². The number of ether oxygens (including phenoxy) is 1. The number of carbonyl (C=O) groups excluding carboxylic acids is 3. The number of para-hydroxylation sites is 1. The number of pyridine rings is 1. The Morgan fingerprint density at radius 2 is 1.74 bits per heavy atom. The van der Waals surface area contributed by atoms with Crippen LogP contribution in [-0.2, 0) is 27.3 Å². The third-order valence-electron chi connectivity index (χ3n) is 5.69. The molecule has 0 saturated heterocycles. The average Bonchev–Trinajstić information content (AvgIpc) is 2.82. The zero-order chi connectivity index (χ0) is 24.1. The summed E-state index contributed by atoms with van der Waals surface area (Å²) in [5.41, 5.74) is 4.22. The molecule has 0 radical (unpaired) electrons. The van der Waals surface area contributed by atoms with E-state index in [1.165, 1.54) is 6.92 Å². The van der Waals surface area contributed by atoms with E-state index in [9.17, 15) is 14.4 Å². The van der Waals surface area contributed by atoms with E-state index in [1.807, 2.05) is 24.3 Å². The summed E-state index contributed by atoms with van der Waals surface area (Å²) in [4.78, 5) is 43.9. The summed E-state index contributed by atoms with van der Waals surface area (Å²) in [6, 6.07) is 14.2. The van der Waals surface area contributed by atoms with Gasteiger partial charge in [0.25, 0.3) is 5.91 Å². The Bertz CT molecular complexity index is 1220. The maximum Gasteiger partial charge on any atom is 0.339 e. The zero-order valence-corrected chi connectivity index (χ0v) is 19.4. The standard InChI is InChI=1S/C26H28N4O4/c1-3-13-30-14-12-23-21(15-30)25(20-6-4-5-7-22(20)29-23)26(33)34-16-24(32)28-19-10-8-18(9-11-19)27-17(2)31/h4-11H,3,12-16H2,1-2H3,(H,27,31)(H,28,32). The lowest BCUT2D eigenvalue weighted by molar-refractivity contribution is -0.119. The number of amides is 2. The largest absolute Gasteiger partial charge is 0.452 e. The number of carbonyl (C=O) groups is 3. The highest BCUT2D eigenvalue weighted by Gasteiger charge is 2.26. The normalized spacial score (nSPS) is 13.2. The highest BCUT2D eigenvalue weighted by molar-refractivity contribution is 6.06. The lowest BCUT2D eigenvalue weighted by atomic mass is 9.95. The van der Waals surface area contributed by atoms with Crippen LogP contribution >= 0.6 is 0 Å². The number of benzene rings is 2. The summed E-state index contributed by atoms with van der Waals surface area (Å²) in [7, 11) is 0. The van der Waals surface area contributed by atoms with Crippen LogP contribution in [0.3, 0.4) is 0 Å². The number of esters is 1. The summed E-state index contributed by atoms with van der Waals surface area (Å²) >= 11 is 0. The Balaban J connectivity index is 1.49. The van der Waals surface area contributed by atoms with Crippen molar-refractivity contribution < 1.29 is 19.1 Å². The molecular formula is C26H28N4O4. The molecule has 0 spiro atoms. The molecule has 4 rings (SSSR count). The molecule has 2 N–H and O–H groups in total. The van der Waals surface area contributed by atoms with Crippen LogP contribution in [0.2, 0.25) is 0 Å². The lowest BCUT2D eigenvalue weighted by Gasteiger charge is -2.29. The monoisotopic (exact) mass is 460 g/mol. The smallest absolute Gasteiger partial charge is 0.339 e.